The molecule has 0 aliphatic carbocycles. The number of halogens is 1. The summed E-state index contributed by atoms with van der Waals surface area (Å²) in [6.45, 7) is 4.83. The average Bonchev–Trinajstić information content (AvgIpc) is 2.76. The maximum atomic E-state index is 12.2. The fourth-order valence-corrected chi connectivity index (χ4v) is 2.66. The monoisotopic (exact) mass is 321 g/mol. The van der Waals surface area contributed by atoms with Crippen molar-refractivity contribution in [3.63, 3.8) is 0 Å². The molecule has 5 heteroatoms. The van der Waals surface area contributed by atoms with E-state index in [1.807, 2.05) is 17.7 Å². The summed E-state index contributed by atoms with van der Waals surface area (Å²) in [4.78, 5) is 16.3. The smallest absolute Gasteiger partial charge is 0.187 e. The molecule has 0 amide bonds. The number of aromatic nitrogens is 3. The zero-order valence-electron chi connectivity index (χ0n) is 11.1. The summed E-state index contributed by atoms with van der Waals surface area (Å²) in [6, 6.07) is 5.37. The van der Waals surface area contributed by atoms with E-state index in [2.05, 4.69) is 32.9 Å². The van der Waals surface area contributed by atoms with Crippen molar-refractivity contribution in [2.24, 2.45) is 0 Å². The Morgan fingerprint density at radius 3 is 2.74 bits per heavy atom. The second kappa shape index (κ2) is 6.10. The fraction of sp³-hybridized carbons (Fsp3) is 0.357. The van der Waals surface area contributed by atoms with E-state index in [1.165, 1.54) is 0 Å². The van der Waals surface area contributed by atoms with Crippen molar-refractivity contribution in [2.45, 2.75) is 33.2 Å². The van der Waals surface area contributed by atoms with Crippen molar-refractivity contribution in [1.82, 2.24) is 14.8 Å². The van der Waals surface area contributed by atoms with Gasteiger partial charge >= 0.3 is 0 Å². The van der Waals surface area contributed by atoms with Crippen molar-refractivity contribution in [3.8, 4) is 0 Å². The molecule has 0 spiro atoms. The van der Waals surface area contributed by atoms with Gasteiger partial charge in [-0.2, -0.15) is 5.10 Å². The van der Waals surface area contributed by atoms with Crippen molar-refractivity contribution >= 4 is 21.7 Å². The first kappa shape index (κ1) is 13.9. The molecule has 0 saturated heterocycles. The average molecular weight is 322 g/mol. The number of carbonyl (C=O) groups is 1. The number of rotatable bonds is 5. The topological polar surface area (TPSA) is 47.8 Å². The van der Waals surface area contributed by atoms with Gasteiger partial charge in [-0.25, -0.2) is 0 Å². The Morgan fingerprint density at radius 2 is 2.16 bits per heavy atom. The van der Waals surface area contributed by atoms with Crippen molar-refractivity contribution in [2.75, 3.05) is 0 Å². The molecule has 0 aliphatic rings. The van der Waals surface area contributed by atoms with Gasteiger partial charge in [-0.3, -0.25) is 14.5 Å². The van der Waals surface area contributed by atoms with Crippen LogP contribution < -0.4 is 0 Å². The second-order valence-electron chi connectivity index (χ2n) is 4.19. The standard InChI is InChI=1S/C14H16BrN3O/c1-3-10-14(15)12(18(4-2)17-10)9-13(19)11-7-5-6-8-16-11/h5-8H,3-4,9H2,1-2H3. The maximum Gasteiger partial charge on any atom is 0.187 e. The number of Topliss-reactive ketones (excluding diaryl/α,β-unsaturated/α-hetero) is 1. The Morgan fingerprint density at radius 1 is 1.37 bits per heavy atom. The van der Waals surface area contributed by atoms with Crippen molar-refractivity contribution < 1.29 is 4.79 Å². The number of carbonyl (C=O) groups excluding carboxylic acids is 1. The summed E-state index contributed by atoms with van der Waals surface area (Å²) >= 11 is 3.55. The molecule has 0 bridgehead atoms. The van der Waals surface area contributed by atoms with Gasteiger partial charge < -0.3 is 0 Å². The Balaban J connectivity index is 2.28. The number of hydrogen-bond donors (Lipinski definition) is 0. The predicted molar refractivity (Wildman–Crippen MR) is 77.3 cm³/mol. The third-order valence-electron chi connectivity index (χ3n) is 2.97. The van der Waals surface area contributed by atoms with Gasteiger partial charge in [0, 0.05) is 12.7 Å². The lowest BCUT2D eigenvalue weighted by Crippen LogP contribution is -2.11. The van der Waals surface area contributed by atoms with Crippen LogP contribution in [0.25, 0.3) is 0 Å². The van der Waals surface area contributed by atoms with Gasteiger partial charge in [-0.15, -0.1) is 0 Å². The van der Waals surface area contributed by atoms with E-state index < -0.39 is 0 Å². The molecule has 0 fully saturated rings. The molecule has 0 N–H and O–H groups in total. The molecule has 2 heterocycles. The van der Waals surface area contributed by atoms with E-state index in [9.17, 15) is 4.79 Å². The van der Waals surface area contributed by atoms with E-state index in [0.717, 1.165) is 28.8 Å². The maximum absolute atomic E-state index is 12.2. The first-order valence-corrected chi connectivity index (χ1v) is 7.14. The van der Waals surface area contributed by atoms with Crippen molar-refractivity contribution in [1.29, 1.82) is 0 Å². The van der Waals surface area contributed by atoms with Gasteiger partial charge in [0.05, 0.1) is 22.3 Å². The molecule has 0 aromatic carbocycles. The van der Waals surface area contributed by atoms with E-state index in [-0.39, 0.29) is 5.78 Å². The normalized spacial score (nSPS) is 10.7. The highest BCUT2D eigenvalue weighted by Crippen LogP contribution is 2.23. The lowest BCUT2D eigenvalue weighted by molar-refractivity contribution is 0.0985. The molecule has 0 saturated carbocycles. The lowest BCUT2D eigenvalue weighted by Gasteiger charge is -2.04. The predicted octanol–water partition coefficient (Wildman–Crippen LogP) is 3.05. The second-order valence-corrected chi connectivity index (χ2v) is 4.98. The Labute approximate surface area is 121 Å². The van der Waals surface area contributed by atoms with E-state index in [1.54, 1.807) is 18.3 Å². The van der Waals surface area contributed by atoms with Gasteiger partial charge in [-0.05, 0) is 41.4 Å². The lowest BCUT2D eigenvalue weighted by atomic mass is 10.1. The highest BCUT2D eigenvalue weighted by molar-refractivity contribution is 9.10. The van der Waals surface area contributed by atoms with Crippen LogP contribution in [0.15, 0.2) is 28.9 Å². The van der Waals surface area contributed by atoms with E-state index >= 15 is 0 Å². The molecule has 0 atom stereocenters. The number of hydrogen-bond acceptors (Lipinski definition) is 3. The third-order valence-corrected chi connectivity index (χ3v) is 3.89. The van der Waals surface area contributed by atoms with Crippen LogP contribution in [0, 0.1) is 0 Å². The highest BCUT2D eigenvalue weighted by Gasteiger charge is 2.18. The molecular weight excluding hydrogens is 306 g/mol. The number of ketones is 1. The summed E-state index contributed by atoms with van der Waals surface area (Å²) in [5.41, 5.74) is 2.41. The van der Waals surface area contributed by atoms with Crippen LogP contribution in [-0.4, -0.2) is 20.5 Å². The van der Waals surface area contributed by atoms with Crippen LogP contribution in [0.2, 0.25) is 0 Å². The molecule has 0 unspecified atom stereocenters. The zero-order valence-corrected chi connectivity index (χ0v) is 12.6. The van der Waals surface area contributed by atoms with Gasteiger partial charge in [0.25, 0.3) is 0 Å². The minimum atomic E-state index is 0.0125. The first-order chi connectivity index (χ1) is 9.17. The SMILES string of the molecule is CCc1nn(CC)c(CC(=O)c2ccccn2)c1Br. The molecule has 0 radical (unpaired) electrons. The summed E-state index contributed by atoms with van der Waals surface area (Å²) in [5.74, 6) is 0.0125. The number of nitrogens with zero attached hydrogens (tertiary/aromatic N) is 3. The van der Waals surface area contributed by atoms with E-state index in [0.29, 0.717) is 12.1 Å². The summed E-state index contributed by atoms with van der Waals surface area (Å²) in [7, 11) is 0. The summed E-state index contributed by atoms with van der Waals surface area (Å²) in [5, 5.41) is 4.49. The quantitative estimate of drug-likeness (QED) is 0.795. The van der Waals surface area contributed by atoms with Gasteiger partial charge in [0.1, 0.15) is 5.69 Å². The van der Waals surface area contributed by atoms with Gasteiger partial charge in [0.15, 0.2) is 5.78 Å². The molecular formula is C14H16BrN3O. The molecule has 19 heavy (non-hydrogen) atoms. The highest BCUT2D eigenvalue weighted by atomic mass is 79.9. The molecule has 100 valence electrons. The third kappa shape index (κ3) is 2.92. The molecule has 2 aromatic rings. The summed E-state index contributed by atoms with van der Waals surface area (Å²) in [6.07, 6.45) is 2.80. The molecule has 2 aromatic heterocycles. The first-order valence-electron chi connectivity index (χ1n) is 6.35. The minimum Gasteiger partial charge on any atom is -0.292 e. The number of pyridine rings is 1. The molecule has 2 rings (SSSR count). The zero-order chi connectivity index (χ0) is 13.8. The Hall–Kier alpha value is -1.49. The van der Waals surface area contributed by atoms with Crippen LogP contribution in [-0.2, 0) is 19.4 Å². The summed E-state index contributed by atoms with van der Waals surface area (Å²) < 4.78 is 2.82. The van der Waals surface area contributed by atoms with E-state index in [4.69, 9.17) is 0 Å². The van der Waals surface area contributed by atoms with Crippen LogP contribution in [0.5, 0.6) is 0 Å². The van der Waals surface area contributed by atoms with Crippen molar-refractivity contribution in [3.05, 3.63) is 46.0 Å². The van der Waals surface area contributed by atoms with Crippen LogP contribution >= 0.6 is 15.9 Å². The van der Waals surface area contributed by atoms with Gasteiger partial charge in [-0.1, -0.05) is 13.0 Å². The fourth-order valence-electron chi connectivity index (χ4n) is 1.96. The van der Waals surface area contributed by atoms with Crippen LogP contribution in [0.1, 0.15) is 35.7 Å². The van der Waals surface area contributed by atoms with Crippen LogP contribution in [0.3, 0.4) is 0 Å². The van der Waals surface area contributed by atoms with Gasteiger partial charge in [0.2, 0.25) is 0 Å². The Bertz CT molecular complexity index is 578. The Kier molecular flexibility index (Phi) is 4.47. The minimum absolute atomic E-state index is 0.0125. The number of aryl methyl sites for hydroxylation is 2. The largest absolute Gasteiger partial charge is 0.292 e. The van der Waals surface area contributed by atoms with Crippen LogP contribution in [0.4, 0.5) is 0 Å². The molecule has 0 aliphatic heterocycles. The molecule has 4 nitrogen and oxygen atoms in total.